The molecule has 5 aliphatic heterocycles. The number of aromatic nitrogens is 4. The summed E-state index contributed by atoms with van der Waals surface area (Å²) in [4.78, 5) is 89.2. The van der Waals surface area contributed by atoms with E-state index in [-0.39, 0.29) is 163 Å². The molecule has 0 spiro atoms. The fourth-order valence-electron chi connectivity index (χ4n) is 15.6. The highest BCUT2D eigenvalue weighted by atomic mass is 16.7. The summed E-state index contributed by atoms with van der Waals surface area (Å²) in [5.41, 5.74) is 11.5. The molecule has 5 aliphatic rings. The van der Waals surface area contributed by atoms with Crippen LogP contribution in [0.25, 0.3) is 90.9 Å². The molecule has 0 aliphatic carbocycles. The predicted octanol–water partition coefficient (Wildman–Crippen LogP) is 1.15. The number of aliphatic hydroxyl groups is 12. The quantitative estimate of drug-likeness (QED) is 0.0238. The molecule has 15 atom stereocenters. The SMILES string of the molecule is O=C(CCC(CCC(=O)NCCOCCOCCO[C@H]1O[C@H](CO)[C@@H](O)[C@H](O)[C@@H]1O)(CCC(=O)NCCOCCOCCO[C@H]1O[C@H](CO)[C@@H](O)[C@H](O)[C@@H]1O)NC(=O)CNC(=O)c1ccc(-c2c3nc(c(-c4ccccc4)c4ccc([nH]4)c(-c4ccccc4)c4nc(c(-c5ccccc5)c5ccc2[nH]5)C=C4)C=C3)cc1)NCCOCCOCCO[C@H]1O[C@H](CO)[C@@H](O)[C@H](O)[C@@H]1O. The highest BCUT2D eigenvalue weighted by Gasteiger charge is 2.47. The lowest BCUT2D eigenvalue weighted by Crippen LogP contribution is -2.59. The van der Waals surface area contributed by atoms with Crippen LogP contribution in [0.3, 0.4) is 0 Å². The van der Waals surface area contributed by atoms with Crippen LogP contribution >= 0.6 is 0 Å². The molecule has 3 aromatic heterocycles. The lowest BCUT2D eigenvalue weighted by Gasteiger charge is -2.39. The van der Waals surface area contributed by atoms with Crippen LogP contribution in [-0.4, -0.2) is 354 Å². The van der Waals surface area contributed by atoms with E-state index in [0.717, 1.165) is 61.3 Å². The Morgan fingerprint density at radius 2 is 0.611 bits per heavy atom. The van der Waals surface area contributed by atoms with Gasteiger partial charge in [-0.2, -0.15) is 0 Å². The average Bonchev–Trinajstić information content (AvgIpc) is 1.61. The number of fused-ring (bicyclic) bond motifs is 8. The smallest absolute Gasteiger partial charge is 0.251 e. The second-order valence-corrected chi connectivity index (χ2v) is 31.6. The summed E-state index contributed by atoms with van der Waals surface area (Å²) < 4.78 is 66.2. The van der Waals surface area contributed by atoms with Gasteiger partial charge in [-0.3, -0.25) is 24.0 Å². The monoisotopic (exact) mass is 1820 g/mol. The number of H-pyrrole nitrogens is 2. The Labute approximate surface area is 754 Å². The number of aromatic amines is 2. The summed E-state index contributed by atoms with van der Waals surface area (Å²) in [5.74, 6) is -2.80. The van der Waals surface area contributed by atoms with Gasteiger partial charge in [-0.05, 0) is 102 Å². The number of amides is 5. The summed E-state index contributed by atoms with van der Waals surface area (Å²) in [6, 6.07) is 45.2. The van der Waals surface area contributed by atoms with E-state index in [9.17, 15) is 85.3 Å². The highest BCUT2D eigenvalue weighted by molar-refractivity contribution is 6.01. The van der Waals surface area contributed by atoms with Gasteiger partial charge in [0, 0.05) is 94.3 Å². The van der Waals surface area contributed by atoms with Crippen molar-refractivity contribution in [2.75, 3.05) is 145 Å². The van der Waals surface area contributed by atoms with Crippen LogP contribution in [-0.2, 0) is 76.0 Å². The lowest BCUT2D eigenvalue weighted by molar-refractivity contribution is -0.302. The van der Waals surface area contributed by atoms with Crippen molar-refractivity contribution in [3.05, 3.63) is 168 Å². The second-order valence-electron chi connectivity index (χ2n) is 31.6. The van der Waals surface area contributed by atoms with Gasteiger partial charge in [0.2, 0.25) is 23.6 Å². The third-order valence-corrected chi connectivity index (χ3v) is 22.6. The Hall–Kier alpha value is -10.1. The molecule has 708 valence electrons. The van der Waals surface area contributed by atoms with Crippen LogP contribution in [0.1, 0.15) is 71.7 Å². The molecule has 12 rings (SSSR count). The molecule has 3 saturated heterocycles. The van der Waals surface area contributed by atoms with Crippen molar-refractivity contribution in [3.63, 3.8) is 0 Å². The van der Waals surface area contributed by atoms with Crippen LogP contribution in [0.15, 0.2) is 140 Å². The Balaban J connectivity index is 0.733. The van der Waals surface area contributed by atoms with Crippen molar-refractivity contribution in [2.45, 2.75) is 136 Å². The van der Waals surface area contributed by atoms with Crippen molar-refractivity contribution in [1.82, 2.24) is 46.5 Å². The van der Waals surface area contributed by atoms with E-state index in [4.69, 9.17) is 66.8 Å². The molecule has 5 amide bonds. The van der Waals surface area contributed by atoms with E-state index in [1.54, 1.807) is 24.3 Å². The van der Waals surface area contributed by atoms with Crippen molar-refractivity contribution >= 4 is 75.9 Å². The maximum Gasteiger partial charge on any atom is 0.251 e. The molecular weight excluding hydrogens is 1710 g/mol. The normalized spacial score (nSPS) is 22.5. The van der Waals surface area contributed by atoms with E-state index < -0.39 is 154 Å². The third-order valence-electron chi connectivity index (χ3n) is 22.6. The Kier molecular flexibility index (Phi) is 38.6. The highest BCUT2D eigenvalue weighted by Crippen LogP contribution is 2.40. The van der Waals surface area contributed by atoms with Gasteiger partial charge in [-0.1, -0.05) is 103 Å². The average molecular weight is 1820 g/mol. The molecule has 8 bridgehead atoms. The zero-order valence-corrected chi connectivity index (χ0v) is 72.2. The largest absolute Gasteiger partial charge is 0.394 e. The standard InChI is InChI=1S/C93H117N9O29/c103-53-69-80(110)83(113)86(116)90(129-69)126-49-46-123-43-40-120-37-34-94-72(106)28-31-93(32-29-73(107)95-35-38-121-41-44-124-47-50-127-91-87(117)84(114)81(111)70(54-104)130-91,33-30-74(108)96-36-39-122-42-45-125-48-51-128-92-88(118)85(115)82(112)71(55-105)131-92)102-75(109)52-97-89(119)60-18-16-59(17-19-60)79-67-26-24-65(100-67)77(57-12-6-2-7-13-57)63-22-20-61(98-63)76(56-10-4-1-5-11-56)62-21-23-64(99-62)78(58-14-8-3-9-15-58)66-25-27-68(79)101-66/h1-27,69-71,80-88,90-92,98,101,103-105,110-118H,28-55H2,(H,94,106)(H,95,107)(H,96,108)(H,97,119)(H,102,109)/t69-,70-,71-,80-,81-,82-,83+,84+,85+,86+,87+,88+,90+,91+,92+/m1/s1. The fourth-order valence-corrected chi connectivity index (χ4v) is 15.6. The molecule has 38 heteroatoms. The van der Waals surface area contributed by atoms with Gasteiger partial charge in [-0.15, -0.1) is 0 Å². The zero-order chi connectivity index (χ0) is 92.6. The van der Waals surface area contributed by atoms with E-state index in [2.05, 4.69) is 60.8 Å². The van der Waals surface area contributed by atoms with Gasteiger partial charge in [0.15, 0.2) is 18.9 Å². The number of nitrogens with zero attached hydrogens (tertiary/aromatic N) is 2. The molecule has 131 heavy (non-hydrogen) atoms. The number of benzene rings is 4. The van der Waals surface area contributed by atoms with Crippen molar-refractivity contribution in [3.8, 4) is 44.5 Å². The Bertz CT molecular complexity index is 4820. The Morgan fingerprint density at radius 1 is 0.328 bits per heavy atom. The molecule has 4 aromatic carbocycles. The van der Waals surface area contributed by atoms with Gasteiger partial charge in [0.1, 0.15) is 73.2 Å². The van der Waals surface area contributed by atoms with Crippen LogP contribution in [0.2, 0.25) is 0 Å². The van der Waals surface area contributed by atoms with Crippen LogP contribution < -0.4 is 26.6 Å². The van der Waals surface area contributed by atoms with E-state index in [1.807, 2.05) is 115 Å². The predicted molar refractivity (Wildman–Crippen MR) is 475 cm³/mol. The van der Waals surface area contributed by atoms with Crippen molar-refractivity contribution < 1.29 is 142 Å². The molecule has 0 unspecified atom stereocenters. The molecule has 3 fully saturated rings. The van der Waals surface area contributed by atoms with Crippen LogP contribution in [0.4, 0.5) is 0 Å². The van der Waals surface area contributed by atoms with E-state index in [0.29, 0.717) is 28.0 Å². The number of carbonyl (C=O) groups is 5. The summed E-state index contributed by atoms with van der Waals surface area (Å²) in [7, 11) is 0. The number of carbonyl (C=O) groups excluding carboxylic acids is 5. The summed E-state index contributed by atoms with van der Waals surface area (Å²) in [5, 5.41) is 134. The van der Waals surface area contributed by atoms with E-state index >= 15 is 0 Å². The van der Waals surface area contributed by atoms with Gasteiger partial charge in [0.25, 0.3) is 5.91 Å². The zero-order valence-electron chi connectivity index (χ0n) is 72.2. The second kappa shape index (κ2) is 50.6. The molecular formula is C93H117N9O29. The summed E-state index contributed by atoms with van der Waals surface area (Å²) >= 11 is 0. The molecule has 0 saturated carbocycles. The molecule has 38 nitrogen and oxygen atoms in total. The lowest BCUT2D eigenvalue weighted by atomic mass is 9.83. The first-order chi connectivity index (χ1) is 63.6. The maximum absolute atomic E-state index is 14.7. The minimum atomic E-state index is -1.61. The van der Waals surface area contributed by atoms with Gasteiger partial charge < -0.3 is 155 Å². The first-order valence-electron chi connectivity index (χ1n) is 43.7. The van der Waals surface area contributed by atoms with Crippen molar-refractivity contribution in [2.24, 2.45) is 0 Å². The minimum absolute atomic E-state index is 0.0114. The first-order valence-corrected chi connectivity index (χ1v) is 43.7. The van der Waals surface area contributed by atoms with Gasteiger partial charge in [-0.25, -0.2) is 9.97 Å². The number of rotatable bonds is 50. The molecule has 0 radical (unpaired) electrons. The fraction of sp³-hybridized carbons (Fsp3) is 0.473. The molecule has 19 N–H and O–H groups in total. The van der Waals surface area contributed by atoms with Gasteiger partial charge in [0.05, 0.1) is 148 Å². The molecule has 8 heterocycles. The van der Waals surface area contributed by atoms with Crippen LogP contribution in [0, 0.1) is 0 Å². The number of aliphatic hydroxyl groups excluding tert-OH is 12. The first kappa shape index (κ1) is 99.9. The number of nitrogens with one attached hydrogen (secondary N) is 7. The van der Waals surface area contributed by atoms with Crippen LogP contribution in [0.5, 0.6) is 0 Å². The number of ether oxygens (including phenoxy) is 12. The summed E-state index contributed by atoms with van der Waals surface area (Å²) in [6.07, 6.45) is -14.8. The maximum atomic E-state index is 14.7. The topological polar surface area (TPSA) is 556 Å². The minimum Gasteiger partial charge on any atom is -0.394 e. The third kappa shape index (κ3) is 27.8. The molecule has 7 aromatic rings. The van der Waals surface area contributed by atoms with Crippen molar-refractivity contribution in [1.29, 1.82) is 0 Å². The summed E-state index contributed by atoms with van der Waals surface area (Å²) in [6.45, 7) is -2.04. The Morgan fingerprint density at radius 3 is 0.908 bits per heavy atom. The van der Waals surface area contributed by atoms with E-state index in [1.165, 1.54) is 0 Å². The van der Waals surface area contributed by atoms with Gasteiger partial charge >= 0.3 is 0 Å². The number of hydrogen-bond acceptors (Lipinski definition) is 31. The number of hydrogen-bond donors (Lipinski definition) is 19.